The average Bonchev–Trinajstić information content (AvgIpc) is 3.17. The highest BCUT2D eigenvalue weighted by molar-refractivity contribution is 5.93. The number of nitrogens with one attached hydrogen (secondary N) is 3. The van der Waals surface area contributed by atoms with Crippen LogP contribution in [0.4, 0.5) is 16.2 Å². The number of carbonyl (C=O) groups is 2. The first-order chi connectivity index (χ1) is 16.0. The predicted octanol–water partition coefficient (Wildman–Crippen LogP) is 4.38. The van der Waals surface area contributed by atoms with Crippen LogP contribution >= 0.6 is 0 Å². The van der Waals surface area contributed by atoms with Crippen molar-refractivity contribution in [3.05, 3.63) is 78.1 Å². The molecule has 3 N–H and O–H groups in total. The van der Waals surface area contributed by atoms with E-state index in [1.54, 1.807) is 30.3 Å². The van der Waals surface area contributed by atoms with Gasteiger partial charge in [0, 0.05) is 41.1 Å². The van der Waals surface area contributed by atoms with Gasteiger partial charge in [-0.05, 0) is 62.2 Å². The van der Waals surface area contributed by atoms with Crippen LogP contribution < -0.4 is 16.0 Å². The van der Waals surface area contributed by atoms with Gasteiger partial charge in [0.1, 0.15) is 0 Å². The summed E-state index contributed by atoms with van der Waals surface area (Å²) in [5.74, 6) is -0.0936. The maximum absolute atomic E-state index is 12.6. The van der Waals surface area contributed by atoms with Crippen molar-refractivity contribution in [3.8, 4) is 0 Å². The smallest absolute Gasteiger partial charge is 0.319 e. The van der Waals surface area contributed by atoms with Gasteiger partial charge in [0.15, 0.2) is 5.65 Å². The Kier molecular flexibility index (Phi) is 6.35. The highest BCUT2D eigenvalue weighted by atomic mass is 16.2. The predicted molar refractivity (Wildman–Crippen MR) is 131 cm³/mol. The zero-order valence-electron chi connectivity index (χ0n) is 18.7. The van der Waals surface area contributed by atoms with E-state index in [0.29, 0.717) is 30.8 Å². The number of amides is 3. The molecular weight excluding hydrogens is 416 g/mol. The van der Waals surface area contributed by atoms with Crippen LogP contribution in [-0.2, 0) is 11.2 Å². The average molecular weight is 443 g/mol. The Morgan fingerprint density at radius 3 is 2.45 bits per heavy atom. The molecule has 0 unspecified atom stereocenters. The van der Waals surface area contributed by atoms with Crippen molar-refractivity contribution < 1.29 is 9.59 Å². The molecule has 0 aliphatic rings. The van der Waals surface area contributed by atoms with Crippen LogP contribution in [0.3, 0.4) is 0 Å². The van der Waals surface area contributed by atoms with Crippen molar-refractivity contribution in [3.63, 3.8) is 0 Å². The molecule has 0 fully saturated rings. The number of anilines is 2. The summed E-state index contributed by atoms with van der Waals surface area (Å²) in [5.41, 5.74) is 5.95. The Labute approximate surface area is 191 Å². The Bertz CT molecular complexity index is 1340. The topological polar surface area (TPSA) is 100 Å². The summed E-state index contributed by atoms with van der Waals surface area (Å²) in [7, 11) is 0. The van der Waals surface area contributed by atoms with Gasteiger partial charge in [0.2, 0.25) is 5.91 Å². The first-order valence-electron chi connectivity index (χ1n) is 10.8. The largest absolute Gasteiger partial charge is 0.334 e. The lowest BCUT2D eigenvalue weighted by Crippen LogP contribution is -2.28. The Morgan fingerprint density at radius 1 is 1.03 bits per heavy atom. The molecule has 0 bridgehead atoms. The van der Waals surface area contributed by atoms with Crippen LogP contribution in [0.1, 0.15) is 23.4 Å². The Balaban J connectivity index is 1.40. The Morgan fingerprint density at radius 2 is 1.73 bits per heavy atom. The van der Waals surface area contributed by atoms with Crippen LogP contribution in [0.2, 0.25) is 0 Å². The molecule has 8 heteroatoms. The molecule has 0 spiro atoms. The van der Waals surface area contributed by atoms with E-state index in [1.165, 1.54) is 0 Å². The van der Waals surface area contributed by atoms with Gasteiger partial charge in [-0.25, -0.2) is 14.3 Å². The van der Waals surface area contributed by atoms with Crippen molar-refractivity contribution in [1.29, 1.82) is 0 Å². The summed E-state index contributed by atoms with van der Waals surface area (Å²) < 4.78 is 1.86. The lowest BCUT2D eigenvalue weighted by atomic mass is 10.1. The fraction of sp³-hybridized carbons (Fsp3) is 0.200. The molecule has 0 atom stereocenters. The number of hydrogen-bond donors (Lipinski definition) is 3. The van der Waals surface area contributed by atoms with Gasteiger partial charge >= 0.3 is 6.03 Å². The SMILES string of the molecule is C=CCNC(=O)Nc1ccc(NC(=O)CCc2c(C)nc3c4ccccc4nn3c2C)cc1. The number of urea groups is 1. The fourth-order valence-corrected chi connectivity index (χ4v) is 3.78. The van der Waals surface area contributed by atoms with Gasteiger partial charge in [0.25, 0.3) is 0 Å². The van der Waals surface area contributed by atoms with Crippen molar-refractivity contribution in [2.45, 2.75) is 26.7 Å². The normalized spacial score (nSPS) is 10.8. The number of rotatable bonds is 7. The standard InChI is InChI=1S/C25H26N6O2/c1-4-15-26-25(33)29-19-11-9-18(10-12-19)28-23(32)14-13-20-16(2)27-24-21-7-5-6-8-22(21)30-31(24)17(20)3/h4-12H,1,13-15H2,2-3H3,(H,28,32)(H2,26,29,33). The van der Waals surface area contributed by atoms with Gasteiger partial charge in [0.05, 0.1) is 5.52 Å². The second kappa shape index (κ2) is 9.52. The molecule has 33 heavy (non-hydrogen) atoms. The second-order valence-corrected chi connectivity index (χ2v) is 7.76. The van der Waals surface area contributed by atoms with E-state index in [9.17, 15) is 9.59 Å². The molecular formula is C25H26N6O2. The number of nitrogens with zero attached hydrogens (tertiary/aromatic N) is 3. The molecule has 2 aromatic carbocycles. The highest BCUT2D eigenvalue weighted by Crippen LogP contribution is 2.23. The van der Waals surface area contributed by atoms with Crippen molar-refractivity contribution in [2.24, 2.45) is 0 Å². The number of aromatic nitrogens is 3. The van der Waals surface area contributed by atoms with Crippen LogP contribution in [-0.4, -0.2) is 33.1 Å². The summed E-state index contributed by atoms with van der Waals surface area (Å²) in [5, 5.41) is 13.9. The molecule has 4 aromatic rings. The van der Waals surface area contributed by atoms with E-state index in [2.05, 4.69) is 27.6 Å². The van der Waals surface area contributed by atoms with Gasteiger partial charge in [-0.1, -0.05) is 18.2 Å². The monoisotopic (exact) mass is 442 g/mol. The highest BCUT2D eigenvalue weighted by Gasteiger charge is 2.15. The van der Waals surface area contributed by atoms with E-state index >= 15 is 0 Å². The molecule has 2 aromatic heterocycles. The minimum atomic E-state index is -0.312. The molecule has 0 radical (unpaired) electrons. The van der Waals surface area contributed by atoms with Gasteiger partial charge in [-0.2, -0.15) is 5.10 Å². The summed E-state index contributed by atoms with van der Waals surface area (Å²) in [6.45, 7) is 7.92. The fourth-order valence-electron chi connectivity index (χ4n) is 3.78. The van der Waals surface area contributed by atoms with E-state index in [-0.39, 0.29) is 11.9 Å². The lowest BCUT2D eigenvalue weighted by Gasteiger charge is -2.12. The van der Waals surface area contributed by atoms with Crippen molar-refractivity contribution in [1.82, 2.24) is 19.9 Å². The van der Waals surface area contributed by atoms with Gasteiger partial charge in [-0.3, -0.25) is 4.79 Å². The third-order valence-corrected chi connectivity index (χ3v) is 5.45. The molecule has 4 rings (SSSR count). The first kappa shape index (κ1) is 22.0. The molecule has 0 aliphatic heterocycles. The van der Waals surface area contributed by atoms with E-state index < -0.39 is 0 Å². The molecule has 0 saturated carbocycles. The minimum Gasteiger partial charge on any atom is -0.334 e. The number of fused-ring (bicyclic) bond motifs is 3. The number of aryl methyl sites for hydroxylation is 2. The molecule has 8 nitrogen and oxygen atoms in total. The Hall–Kier alpha value is -4.20. The minimum absolute atomic E-state index is 0.0936. The number of hydrogen-bond acceptors (Lipinski definition) is 4. The molecule has 168 valence electrons. The third-order valence-electron chi connectivity index (χ3n) is 5.45. The van der Waals surface area contributed by atoms with Crippen LogP contribution in [0.5, 0.6) is 0 Å². The van der Waals surface area contributed by atoms with Gasteiger partial charge in [-0.15, -0.1) is 6.58 Å². The molecule has 3 amide bonds. The lowest BCUT2D eigenvalue weighted by molar-refractivity contribution is -0.116. The molecule has 2 heterocycles. The zero-order chi connectivity index (χ0) is 23.4. The van der Waals surface area contributed by atoms with E-state index in [4.69, 9.17) is 4.98 Å². The number of benzene rings is 2. The summed E-state index contributed by atoms with van der Waals surface area (Å²) >= 11 is 0. The molecule has 0 aliphatic carbocycles. The van der Waals surface area contributed by atoms with E-state index in [1.807, 2.05) is 42.6 Å². The third kappa shape index (κ3) is 4.85. The maximum atomic E-state index is 12.6. The summed E-state index contributed by atoms with van der Waals surface area (Å²) in [4.78, 5) is 29.0. The second-order valence-electron chi connectivity index (χ2n) is 7.76. The summed E-state index contributed by atoms with van der Waals surface area (Å²) in [6.07, 6.45) is 2.48. The van der Waals surface area contributed by atoms with Crippen LogP contribution in [0, 0.1) is 13.8 Å². The number of carbonyl (C=O) groups excluding carboxylic acids is 2. The first-order valence-corrected chi connectivity index (χ1v) is 10.8. The van der Waals surface area contributed by atoms with Crippen molar-refractivity contribution in [2.75, 3.05) is 17.2 Å². The van der Waals surface area contributed by atoms with Crippen LogP contribution in [0.25, 0.3) is 16.6 Å². The summed E-state index contributed by atoms with van der Waals surface area (Å²) in [6, 6.07) is 14.6. The quantitative estimate of drug-likeness (QED) is 0.370. The maximum Gasteiger partial charge on any atom is 0.319 e. The zero-order valence-corrected chi connectivity index (χ0v) is 18.7. The van der Waals surface area contributed by atoms with Crippen LogP contribution in [0.15, 0.2) is 61.2 Å². The van der Waals surface area contributed by atoms with E-state index in [0.717, 1.165) is 33.5 Å². The van der Waals surface area contributed by atoms with Gasteiger partial charge < -0.3 is 16.0 Å². The van der Waals surface area contributed by atoms with Crippen molar-refractivity contribution >= 4 is 39.9 Å². The molecule has 0 saturated heterocycles.